The van der Waals surface area contributed by atoms with Crippen molar-refractivity contribution in [3.05, 3.63) is 29.6 Å². The van der Waals surface area contributed by atoms with E-state index in [-0.39, 0.29) is 24.3 Å². The van der Waals surface area contributed by atoms with Crippen LogP contribution >= 0.6 is 0 Å². The predicted octanol–water partition coefficient (Wildman–Crippen LogP) is 2.13. The standard InChI is InChI=1S/C15H19FN2O2/c1-11-5-6-12(8-14(11)16)17-15(20)9-18-7-3-2-4-13(18)10-19/h5-6,8,10,13H,2-4,7,9H2,1H3,(H,17,20). The maximum absolute atomic E-state index is 13.4. The summed E-state index contributed by atoms with van der Waals surface area (Å²) in [6.45, 7) is 2.58. The van der Waals surface area contributed by atoms with E-state index in [1.165, 1.54) is 6.07 Å². The molecule has 0 saturated carbocycles. The molecule has 108 valence electrons. The summed E-state index contributed by atoms with van der Waals surface area (Å²) in [6.07, 6.45) is 3.72. The molecule has 0 spiro atoms. The molecule has 1 aliphatic rings. The highest BCUT2D eigenvalue weighted by Crippen LogP contribution is 2.16. The molecule has 1 heterocycles. The molecular formula is C15H19FN2O2. The van der Waals surface area contributed by atoms with Gasteiger partial charge in [-0.1, -0.05) is 12.5 Å². The number of amides is 1. The van der Waals surface area contributed by atoms with E-state index < -0.39 is 0 Å². The molecule has 4 nitrogen and oxygen atoms in total. The minimum absolute atomic E-state index is 0.166. The normalized spacial score (nSPS) is 19.6. The van der Waals surface area contributed by atoms with E-state index in [0.717, 1.165) is 32.1 Å². The van der Waals surface area contributed by atoms with E-state index in [1.54, 1.807) is 19.1 Å². The van der Waals surface area contributed by atoms with Gasteiger partial charge < -0.3 is 10.1 Å². The van der Waals surface area contributed by atoms with Crippen molar-refractivity contribution in [2.75, 3.05) is 18.4 Å². The third-order valence-corrected chi connectivity index (χ3v) is 3.62. The molecule has 0 radical (unpaired) electrons. The fourth-order valence-corrected chi connectivity index (χ4v) is 2.42. The average molecular weight is 278 g/mol. The summed E-state index contributed by atoms with van der Waals surface area (Å²) in [5.74, 6) is -0.562. The van der Waals surface area contributed by atoms with E-state index in [4.69, 9.17) is 0 Å². The topological polar surface area (TPSA) is 49.4 Å². The number of likely N-dealkylation sites (tertiary alicyclic amines) is 1. The van der Waals surface area contributed by atoms with Crippen LogP contribution in [0.5, 0.6) is 0 Å². The molecule has 0 bridgehead atoms. The van der Waals surface area contributed by atoms with E-state index >= 15 is 0 Å². The summed E-state index contributed by atoms with van der Waals surface area (Å²) >= 11 is 0. The Balaban J connectivity index is 1.94. The zero-order chi connectivity index (χ0) is 14.5. The van der Waals surface area contributed by atoms with Gasteiger partial charge in [-0.15, -0.1) is 0 Å². The molecule has 2 rings (SSSR count). The molecule has 0 aliphatic carbocycles. The largest absolute Gasteiger partial charge is 0.325 e. The molecule has 1 fully saturated rings. The number of hydrogen-bond donors (Lipinski definition) is 1. The smallest absolute Gasteiger partial charge is 0.238 e. The predicted molar refractivity (Wildman–Crippen MR) is 75.0 cm³/mol. The van der Waals surface area contributed by atoms with Crippen LogP contribution in [0.1, 0.15) is 24.8 Å². The molecule has 1 amide bonds. The van der Waals surface area contributed by atoms with E-state index in [1.807, 2.05) is 4.90 Å². The number of carbonyl (C=O) groups excluding carboxylic acids is 2. The zero-order valence-electron chi connectivity index (χ0n) is 11.6. The number of anilines is 1. The second-order valence-electron chi connectivity index (χ2n) is 5.18. The molecule has 1 atom stereocenters. The molecule has 1 aliphatic heterocycles. The summed E-state index contributed by atoms with van der Waals surface area (Å²) < 4.78 is 13.4. The maximum atomic E-state index is 13.4. The first-order chi connectivity index (χ1) is 9.60. The Kier molecular flexibility index (Phi) is 4.84. The molecule has 0 aromatic heterocycles. The van der Waals surface area contributed by atoms with Crippen LogP contribution in [0.3, 0.4) is 0 Å². The molecule has 1 N–H and O–H groups in total. The van der Waals surface area contributed by atoms with E-state index in [9.17, 15) is 14.0 Å². The Morgan fingerprint density at radius 2 is 2.30 bits per heavy atom. The first-order valence-corrected chi connectivity index (χ1v) is 6.85. The fraction of sp³-hybridized carbons (Fsp3) is 0.467. The van der Waals surface area contributed by atoms with Gasteiger partial charge in [0.25, 0.3) is 0 Å². The van der Waals surface area contributed by atoms with Crippen LogP contribution in [0.15, 0.2) is 18.2 Å². The Labute approximate surface area is 118 Å². The SMILES string of the molecule is Cc1ccc(NC(=O)CN2CCCCC2C=O)cc1F. The Hall–Kier alpha value is -1.75. The van der Waals surface area contributed by atoms with Gasteiger partial charge >= 0.3 is 0 Å². The van der Waals surface area contributed by atoms with Crippen LogP contribution < -0.4 is 5.32 Å². The van der Waals surface area contributed by atoms with Crippen molar-refractivity contribution in [2.45, 2.75) is 32.2 Å². The van der Waals surface area contributed by atoms with Crippen molar-refractivity contribution in [3.8, 4) is 0 Å². The molecule has 1 aromatic rings. The highest BCUT2D eigenvalue weighted by Gasteiger charge is 2.23. The van der Waals surface area contributed by atoms with Crippen molar-refractivity contribution in [2.24, 2.45) is 0 Å². The first kappa shape index (κ1) is 14.7. The lowest BCUT2D eigenvalue weighted by Gasteiger charge is -2.31. The van der Waals surface area contributed by atoms with Gasteiger partial charge in [0.15, 0.2) is 0 Å². The van der Waals surface area contributed by atoms with Crippen LogP contribution in [-0.2, 0) is 9.59 Å². The number of nitrogens with one attached hydrogen (secondary N) is 1. The number of rotatable bonds is 4. The van der Waals surface area contributed by atoms with Gasteiger partial charge in [0.05, 0.1) is 12.6 Å². The minimum atomic E-state index is -0.341. The number of benzene rings is 1. The summed E-state index contributed by atoms with van der Waals surface area (Å²) in [5.41, 5.74) is 0.984. The van der Waals surface area contributed by atoms with Gasteiger partial charge in [-0.2, -0.15) is 0 Å². The lowest BCUT2D eigenvalue weighted by molar-refractivity contribution is -0.120. The molecular weight excluding hydrogens is 259 g/mol. The van der Waals surface area contributed by atoms with Gasteiger partial charge in [-0.3, -0.25) is 9.69 Å². The van der Waals surface area contributed by atoms with Crippen molar-refractivity contribution in [1.29, 1.82) is 0 Å². The van der Waals surface area contributed by atoms with Crippen molar-refractivity contribution in [1.82, 2.24) is 4.90 Å². The van der Waals surface area contributed by atoms with E-state index in [0.29, 0.717) is 11.3 Å². The molecule has 1 unspecified atom stereocenters. The first-order valence-electron chi connectivity index (χ1n) is 6.85. The quantitative estimate of drug-likeness (QED) is 0.858. The maximum Gasteiger partial charge on any atom is 0.238 e. The van der Waals surface area contributed by atoms with Gasteiger partial charge in [-0.05, 0) is 44.0 Å². The lowest BCUT2D eigenvalue weighted by Crippen LogP contribution is -2.44. The van der Waals surface area contributed by atoms with Crippen molar-refractivity contribution < 1.29 is 14.0 Å². The molecule has 20 heavy (non-hydrogen) atoms. The Morgan fingerprint density at radius 3 is 3.00 bits per heavy atom. The van der Waals surface area contributed by atoms with Crippen LogP contribution in [-0.4, -0.2) is 36.2 Å². The molecule has 1 saturated heterocycles. The lowest BCUT2D eigenvalue weighted by atomic mass is 10.0. The van der Waals surface area contributed by atoms with Crippen molar-refractivity contribution in [3.63, 3.8) is 0 Å². The highest BCUT2D eigenvalue weighted by molar-refractivity contribution is 5.92. The average Bonchev–Trinajstić information content (AvgIpc) is 2.43. The van der Waals surface area contributed by atoms with Gasteiger partial charge in [0.2, 0.25) is 5.91 Å². The number of piperidine rings is 1. The number of hydrogen-bond acceptors (Lipinski definition) is 3. The van der Waals surface area contributed by atoms with Crippen LogP contribution in [0, 0.1) is 12.7 Å². The molecule has 1 aromatic carbocycles. The number of carbonyl (C=O) groups is 2. The monoisotopic (exact) mass is 278 g/mol. The van der Waals surface area contributed by atoms with Crippen LogP contribution in [0.2, 0.25) is 0 Å². The fourth-order valence-electron chi connectivity index (χ4n) is 2.42. The van der Waals surface area contributed by atoms with Crippen molar-refractivity contribution >= 4 is 17.9 Å². The summed E-state index contributed by atoms with van der Waals surface area (Å²) in [5, 5.41) is 2.67. The van der Waals surface area contributed by atoms with Crippen LogP contribution in [0.4, 0.5) is 10.1 Å². The Bertz CT molecular complexity index is 505. The van der Waals surface area contributed by atoms with Gasteiger partial charge in [-0.25, -0.2) is 4.39 Å². The second kappa shape index (κ2) is 6.61. The highest BCUT2D eigenvalue weighted by atomic mass is 19.1. The van der Waals surface area contributed by atoms with Gasteiger partial charge in [0, 0.05) is 5.69 Å². The zero-order valence-corrected chi connectivity index (χ0v) is 11.6. The van der Waals surface area contributed by atoms with Gasteiger partial charge in [0.1, 0.15) is 12.1 Å². The minimum Gasteiger partial charge on any atom is -0.325 e. The molecule has 5 heteroatoms. The number of aldehydes is 1. The Morgan fingerprint density at radius 1 is 1.50 bits per heavy atom. The van der Waals surface area contributed by atoms with Crippen LogP contribution in [0.25, 0.3) is 0 Å². The third kappa shape index (κ3) is 3.63. The number of halogens is 1. The number of aryl methyl sites for hydroxylation is 1. The summed E-state index contributed by atoms with van der Waals surface area (Å²) in [4.78, 5) is 24.8. The van der Waals surface area contributed by atoms with E-state index in [2.05, 4.69) is 5.32 Å². The summed E-state index contributed by atoms with van der Waals surface area (Å²) in [6, 6.07) is 4.43. The summed E-state index contributed by atoms with van der Waals surface area (Å²) in [7, 11) is 0. The second-order valence-corrected chi connectivity index (χ2v) is 5.18. The third-order valence-electron chi connectivity index (χ3n) is 3.62. The number of nitrogens with zero attached hydrogens (tertiary/aromatic N) is 1.